The van der Waals surface area contributed by atoms with Crippen LogP contribution < -0.4 is 4.84 Å². The summed E-state index contributed by atoms with van der Waals surface area (Å²) >= 11 is 5.35. The van der Waals surface area contributed by atoms with E-state index in [4.69, 9.17) is 11.8 Å². The van der Waals surface area contributed by atoms with E-state index in [0.717, 1.165) is 4.80 Å². The van der Waals surface area contributed by atoms with Crippen LogP contribution >= 0.6 is 11.8 Å². The van der Waals surface area contributed by atoms with Gasteiger partial charge in [0.1, 0.15) is 0 Å². The molecule has 1 aromatic heterocycles. The smallest absolute Gasteiger partial charge is 0.299 e. The van der Waals surface area contributed by atoms with Crippen molar-refractivity contribution < 1.29 is 13.2 Å². The average Bonchev–Trinajstić information content (AvgIpc) is 2.78. The molecule has 90 valence electrons. The predicted molar refractivity (Wildman–Crippen MR) is 55.8 cm³/mol. The van der Waals surface area contributed by atoms with Crippen molar-refractivity contribution in [1.82, 2.24) is 15.0 Å². The first-order valence-corrected chi connectivity index (χ1v) is 4.85. The summed E-state index contributed by atoms with van der Waals surface area (Å²) in [4.78, 5) is 3.28. The molecule has 8 heteroatoms. The molecule has 0 spiro atoms. The molecule has 1 aromatic carbocycles. The van der Waals surface area contributed by atoms with Crippen LogP contribution in [0.25, 0.3) is 5.69 Å². The van der Waals surface area contributed by atoms with Gasteiger partial charge in [-0.3, -0.25) is 4.84 Å². The predicted octanol–water partition coefficient (Wildman–Crippen LogP) is 2.85. The van der Waals surface area contributed by atoms with Crippen LogP contribution in [0.4, 0.5) is 18.9 Å². The van der Waals surface area contributed by atoms with E-state index >= 15 is 0 Å². The molecule has 17 heavy (non-hydrogen) atoms. The topological polar surface area (TPSA) is 42.7 Å². The zero-order valence-electron chi connectivity index (χ0n) is 8.24. The number of alkyl halides is 3. The van der Waals surface area contributed by atoms with Crippen molar-refractivity contribution in [1.29, 1.82) is 0 Å². The number of halogens is 4. The van der Waals surface area contributed by atoms with E-state index < -0.39 is 11.9 Å². The molecule has 0 saturated carbocycles. The minimum Gasteiger partial charge on any atom is -0.299 e. The third-order valence-electron chi connectivity index (χ3n) is 1.99. The van der Waals surface area contributed by atoms with Gasteiger partial charge in [-0.05, 0) is 24.3 Å². The summed E-state index contributed by atoms with van der Waals surface area (Å²) in [6.07, 6.45) is -3.82. The molecule has 1 N–H and O–H groups in total. The molecular formula is C9H6ClF3N4. The fraction of sp³-hybridized carbons (Fsp3) is 0.111. The number of hydrogen-bond donors (Lipinski definition) is 1. The van der Waals surface area contributed by atoms with Crippen LogP contribution in [-0.2, 0) is 6.18 Å². The zero-order valence-corrected chi connectivity index (χ0v) is 9.00. The highest BCUT2D eigenvalue weighted by Crippen LogP contribution is 2.27. The van der Waals surface area contributed by atoms with Gasteiger partial charge >= 0.3 is 6.18 Å². The molecule has 2 aromatic rings. The van der Waals surface area contributed by atoms with Gasteiger partial charge in [-0.1, -0.05) is 0 Å². The minimum absolute atomic E-state index is 0.413. The molecule has 0 saturated heterocycles. The van der Waals surface area contributed by atoms with Crippen LogP contribution in [-0.4, -0.2) is 15.0 Å². The second-order valence-electron chi connectivity index (χ2n) is 3.16. The summed E-state index contributed by atoms with van der Waals surface area (Å²) in [5.74, 6) is 0. The molecule has 0 radical (unpaired) electrons. The standard InChI is InChI=1S/C9H6ClF3N4/c10-15-6-1-3-7(4-2-6)17-14-5-8(16-17)9(11,12)13/h1-5,15H. The van der Waals surface area contributed by atoms with E-state index in [-0.39, 0.29) is 0 Å². The number of benzene rings is 1. The van der Waals surface area contributed by atoms with Crippen LogP contribution in [0.15, 0.2) is 30.5 Å². The van der Waals surface area contributed by atoms with Crippen LogP contribution in [0.5, 0.6) is 0 Å². The lowest BCUT2D eigenvalue weighted by atomic mass is 10.3. The summed E-state index contributed by atoms with van der Waals surface area (Å²) in [6.45, 7) is 0. The second kappa shape index (κ2) is 4.25. The first-order valence-electron chi connectivity index (χ1n) is 4.47. The highest BCUT2D eigenvalue weighted by Gasteiger charge is 2.34. The van der Waals surface area contributed by atoms with Crippen LogP contribution in [0.1, 0.15) is 5.69 Å². The van der Waals surface area contributed by atoms with Crippen molar-refractivity contribution in [3.8, 4) is 5.69 Å². The molecule has 0 atom stereocenters. The van der Waals surface area contributed by atoms with Crippen molar-refractivity contribution >= 4 is 17.5 Å². The lowest BCUT2D eigenvalue weighted by Crippen LogP contribution is -2.07. The maximum Gasteiger partial charge on any atom is 0.436 e. The molecule has 0 aliphatic heterocycles. The normalized spacial score (nSPS) is 11.5. The molecule has 0 unspecified atom stereocenters. The van der Waals surface area contributed by atoms with Crippen molar-refractivity contribution in [3.63, 3.8) is 0 Å². The molecule has 0 bridgehead atoms. The molecule has 2 rings (SSSR count). The molecule has 0 amide bonds. The Kier molecular flexibility index (Phi) is 2.93. The number of aromatic nitrogens is 3. The van der Waals surface area contributed by atoms with Crippen LogP contribution in [0, 0.1) is 0 Å². The van der Waals surface area contributed by atoms with Crippen molar-refractivity contribution in [3.05, 3.63) is 36.2 Å². The largest absolute Gasteiger partial charge is 0.436 e. The summed E-state index contributed by atoms with van der Waals surface area (Å²) in [5.41, 5.74) is 0.00632. The van der Waals surface area contributed by atoms with E-state index in [1.165, 1.54) is 0 Å². The summed E-state index contributed by atoms with van der Waals surface area (Å²) in [6, 6.07) is 6.29. The fourth-order valence-electron chi connectivity index (χ4n) is 1.18. The Balaban J connectivity index is 2.30. The monoisotopic (exact) mass is 262 g/mol. The highest BCUT2D eigenvalue weighted by atomic mass is 35.5. The van der Waals surface area contributed by atoms with E-state index in [9.17, 15) is 13.2 Å². The Morgan fingerprint density at radius 1 is 1.18 bits per heavy atom. The number of rotatable bonds is 2. The van der Waals surface area contributed by atoms with E-state index in [1.807, 2.05) is 0 Å². The molecule has 1 heterocycles. The van der Waals surface area contributed by atoms with Gasteiger partial charge in [0.05, 0.1) is 11.9 Å². The summed E-state index contributed by atoms with van der Waals surface area (Å²) in [5, 5.41) is 6.87. The minimum atomic E-state index is -4.49. The van der Waals surface area contributed by atoms with E-state index in [0.29, 0.717) is 17.6 Å². The Bertz CT molecular complexity index is 506. The van der Waals surface area contributed by atoms with Gasteiger partial charge in [-0.25, -0.2) is 0 Å². The number of anilines is 1. The first-order chi connectivity index (χ1) is 8.00. The fourth-order valence-corrected chi connectivity index (χ4v) is 1.30. The molecule has 4 nitrogen and oxygen atoms in total. The summed E-state index contributed by atoms with van der Waals surface area (Å²) < 4.78 is 36.9. The Labute approximate surface area is 99.1 Å². The lowest BCUT2D eigenvalue weighted by Gasteiger charge is -2.02. The first kappa shape index (κ1) is 11.7. The average molecular weight is 263 g/mol. The molecule has 0 aliphatic rings. The van der Waals surface area contributed by atoms with Gasteiger partial charge in [-0.2, -0.15) is 23.1 Å². The Morgan fingerprint density at radius 3 is 2.29 bits per heavy atom. The van der Waals surface area contributed by atoms with Gasteiger partial charge < -0.3 is 0 Å². The third-order valence-corrected chi connectivity index (χ3v) is 2.21. The third kappa shape index (κ3) is 2.50. The Hall–Kier alpha value is -1.76. The van der Waals surface area contributed by atoms with E-state index in [1.54, 1.807) is 24.3 Å². The van der Waals surface area contributed by atoms with Gasteiger partial charge in [-0.15, -0.1) is 5.10 Å². The SMILES string of the molecule is FC(F)(F)c1cnn(-c2ccc(NCl)cc2)n1. The Morgan fingerprint density at radius 2 is 1.82 bits per heavy atom. The summed E-state index contributed by atoms with van der Waals surface area (Å²) in [7, 11) is 0. The van der Waals surface area contributed by atoms with Crippen molar-refractivity contribution in [2.24, 2.45) is 0 Å². The van der Waals surface area contributed by atoms with Gasteiger partial charge in [0, 0.05) is 17.5 Å². The number of hydrogen-bond acceptors (Lipinski definition) is 3. The van der Waals surface area contributed by atoms with Gasteiger partial charge in [0.2, 0.25) is 0 Å². The highest BCUT2D eigenvalue weighted by molar-refractivity contribution is 6.23. The van der Waals surface area contributed by atoms with Crippen molar-refractivity contribution in [2.45, 2.75) is 6.18 Å². The molecular weight excluding hydrogens is 257 g/mol. The van der Waals surface area contributed by atoms with Crippen LogP contribution in [0.3, 0.4) is 0 Å². The molecule has 0 aliphatic carbocycles. The number of nitrogens with zero attached hydrogens (tertiary/aromatic N) is 3. The van der Waals surface area contributed by atoms with Gasteiger partial charge in [0.25, 0.3) is 0 Å². The second-order valence-corrected chi connectivity index (χ2v) is 3.35. The van der Waals surface area contributed by atoms with Crippen LogP contribution in [0.2, 0.25) is 0 Å². The maximum atomic E-state index is 12.3. The molecule has 0 fully saturated rings. The quantitative estimate of drug-likeness (QED) is 0.847. The lowest BCUT2D eigenvalue weighted by molar-refractivity contribution is -0.141. The van der Waals surface area contributed by atoms with Gasteiger partial charge in [0.15, 0.2) is 5.69 Å². The number of nitrogens with one attached hydrogen (secondary N) is 1. The maximum absolute atomic E-state index is 12.3. The van der Waals surface area contributed by atoms with E-state index in [2.05, 4.69) is 15.0 Å². The van der Waals surface area contributed by atoms with Crippen molar-refractivity contribution in [2.75, 3.05) is 4.84 Å². The zero-order chi connectivity index (χ0) is 12.5.